The lowest BCUT2D eigenvalue weighted by Crippen LogP contribution is -2.53. The molecule has 0 radical (unpaired) electrons. The van der Waals surface area contributed by atoms with Gasteiger partial charge in [-0.05, 0) is 55.7 Å². The van der Waals surface area contributed by atoms with E-state index >= 15 is 0 Å². The molecule has 128 valence electrons. The fraction of sp³-hybridized carbons (Fsp3) is 0.400. The van der Waals surface area contributed by atoms with Crippen LogP contribution in [0, 0.1) is 11.8 Å². The summed E-state index contributed by atoms with van der Waals surface area (Å²) >= 11 is 0. The Labute approximate surface area is 147 Å². The zero-order valence-electron chi connectivity index (χ0n) is 14.1. The molecule has 5 rings (SSSR count). The number of nitrogens with one attached hydrogen (secondary N) is 3. The zero-order valence-corrected chi connectivity index (χ0v) is 14.1. The van der Waals surface area contributed by atoms with Crippen molar-refractivity contribution in [2.75, 3.05) is 0 Å². The molecule has 1 aromatic heterocycles. The van der Waals surface area contributed by atoms with E-state index < -0.39 is 0 Å². The smallest absolute Gasteiger partial charge is 0.311 e. The van der Waals surface area contributed by atoms with Crippen LogP contribution in [0.15, 0.2) is 54.5 Å². The number of carbonyl (C=O) groups excluding carboxylic acids is 1. The summed E-state index contributed by atoms with van der Waals surface area (Å²) in [4.78, 5) is 13.0. The lowest BCUT2D eigenvalue weighted by atomic mass is 10.1. The second-order valence-corrected chi connectivity index (χ2v) is 7.41. The van der Waals surface area contributed by atoms with Crippen molar-refractivity contribution in [1.82, 2.24) is 16.0 Å². The Hall–Kier alpha value is -2.56. The van der Waals surface area contributed by atoms with Crippen LogP contribution in [-0.2, 0) is 4.79 Å². The molecule has 0 bridgehead atoms. The van der Waals surface area contributed by atoms with Crippen molar-refractivity contribution in [2.45, 2.75) is 37.9 Å². The molecule has 4 aliphatic rings. The van der Waals surface area contributed by atoms with Crippen molar-refractivity contribution in [1.29, 1.82) is 0 Å². The third-order valence-electron chi connectivity index (χ3n) is 5.53. The number of aromatic nitrogens is 1. The third-order valence-corrected chi connectivity index (χ3v) is 5.53. The quantitative estimate of drug-likeness (QED) is 0.735. The lowest BCUT2D eigenvalue weighted by Gasteiger charge is -2.18. The fourth-order valence-electron chi connectivity index (χ4n) is 3.92. The summed E-state index contributed by atoms with van der Waals surface area (Å²) in [5, 5.41) is 9.86. The summed E-state index contributed by atoms with van der Waals surface area (Å²) in [6.45, 7) is 0. The van der Waals surface area contributed by atoms with Gasteiger partial charge in [-0.2, -0.15) is 4.57 Å². The summed E-state index contributed by atoms with van der Waals surface area (Å²) < 4.78 is 2.04. The van der Waals surface area contributed by atoms with Crippen molar-refractivity contribution < 1.29 is 9.36 Å². The van der Waals surface area contributed by atoms with E-state index in [2.05, 4.69) is 22.0 Å². The summed E-state index contributed by atoms with van der Waals surface area (Å²) in [5.41, 5.74) is 3.13. The van der Waals surface area contributed by atoms with Crippen LogP contribution in [0.4, 0.5) is 0 Å². The fourth-order valence-corrected chi connectivity index (χ4v) is 3.92. The van der Waals surface area contributed by atoms with E-state index in [1.807, 2.05) is 47.4 Å². The maximum absolute atomic E-state index is 13.0. The van der Waals surface area contributed by atoms with E-state index in [0.29, 0.717) is 17.9 Å². The Morgan fingerprint density at radius 1 is 1.12 bits per heavy atom. The molecule has 5 heteroatoms. The van der Waals surface area contributed by atoms with Gasteiger partial charge < -0.3 is 16.0 Å². The van der Waals surface area contributed by atoms with Crippen LogP contribution in [0.1, 0.15) is 37.5 Å². The minimum atomic E-state index is -0.379. The molecule has 3 heterocycles. The van der Waals surface area contributed by atoms with Gasteiger partial charge in [-0.3, -0.25) is 4.79 Å². The highest BCUT2D eigenvalue weighted by molar-refractivity contribution is 5.83. The van der Waals surface area contributed by atoms with Crippen LogP contribution in [0.2, 0.25) is 0 Å². The standard InChI is InChI=1S/C20H22N4O/c25-20(23-17(13-4-5-13)14-6-7-14)19-22-18(15-8-10-21-11-9-15)16-3-1-2-12-24(16)19/h1-3,8-14,17,19,22H,4-7H2,(H,23,25)/p+1. The molecular formula is C20H23N4O+. The number of pyridine rings is 1. The Balaban J connectivity index is 1.44. The lowest BCUT2D eigenvalue weighted by molar-refractivity contribution is -0.705. The van der Waals surface area contributed by atoms with Gasteiger partial charge in [-0.1, -0.05) is 0 Å². The molecule has 1 amide bonds. The van der Waals surface area contributed by atoms with Crippen molar-refractivity contribution >= 4 is 11.6 Å². The Kier molecular flexibility index (Phi) is 3.40. The number of rotatable bonds is 4. The Bertz CT molecular complexity index is 776. The van der Waals surface area contributed by atoms with Gasteiger partial charge in [0.15, 0.2) is 6.20 Å². The van der Waals surface area contributed by atoms with Crippen LogP contribution in [0.5, 0.6) is 0 Å². The number of carbonyl (C=O) groups is 1. The van der Waals surface area contributed by atoms with E-state index in [4.69, 9.17) is 0 Å². The molecule has 1 unspecified atom stereocenters. The highest BCUT2D eigenvalue weighted by Crippen LogP contribution is 2.44. The number of nitrogens with zero attached hydrogens (tertiary/aromatic N) is 1. The predicted octanol–water partition coefficient (Wildman–Crippen LogP) is 1.72. The average molecular weight is 335 g/mol. The van der Waals surface area contributed by atoms with Crippen molar-refractivity contribution in [3.05, 3.63) is 60.2 Å². The minimum Gasteiger partial charge on any atom is -0.368 e. The van der Waals surface area contributed by atoms with Gasteiger partial charge in [0, 0.05) is 36.1 Å². The minimum absolute atomic E-state index is 0.0822. The highest BCUT2D eigenvalue weighted by atomic mass is 16.2. The normalized spacial score (nSPS) is 24.1. The summed E-state index contributed by atoms with van der Waals surface area (Å²) in [6.07, 6.45) is 14.5. The predicted molar refractivity (Wildman–Crippen MR) is 94.5 cm³/mol. The first-order chi connectivity index (χ1) is 12.3. The van der Waals surface area contributed by atoms with Crippen LogP contribution >= 0.6 is 0 Å². The second kappa shape index (κ2) is 5.76. The summed E-state index contributed by atoms with van der Waals surface area (Å²) in [6, 6.07) is 6.43. The molecule has 2 fully saturated rings. The SMILES string of the molecule is O=C(NC(C1CC1)C1CC1)C1NC(=C2C=CNC=C2)c2cccc[n+]21. The maximum atomic E-state index is 13.0. The molecule has 1 atom stereocenters. The van der Waals surface area contributed by atoms with Gasteiger partial charge >= 0.3 is 12.1 Å². The van der Waals surface area contributed by atoms with E-state index in [-0.39, 0.29) is 12.1 Å². The van der Waals surface area contributed by atoms with Crippen LogP contribution < -0.4 is 20.5 Å². The number of fused-ring (bicyclic) bond motifs is 1. The second-order valence-electron chi connectivity index (χ2n) is 7.41. The molecule has 3 N–H and O–H groups in total. The molecule has 0 spiro atoms. The molecule has 2 aliphatic carbocycles. The van der Waals surface area contributed by atoms with Gasteiger partial charge in [0.2, 0.25) is 5.69 Å². The number of amides is 1. The first-order valence-electron chi connectivity index (χ1n) is 9.22. The van der Waals surface area contributed by atoms with Gasteiger partial charge in [0.25, 0.3) is 0 Å². The third kappa shape index (κ3) is 2.73. The number of allylic oxidation sites excluding steroid dienone is 3. The summed E-state index contributed by atoms with van der Waals surface area (Å²) in [7, 11) is 0. The van der Waals surface area contributed by atoms with Gasteiger partial charge in [0.1, 0.15) is 5.70 Å². The van der Waals surface area contributed by atoms with Crippen molar-refractivity contribution in [3.8, 4) is 0 Å². The molecule has 5 nitrogen and oxygen atoms in total. The first kappa shape index (κ1) is 14.8. The number of dihydropyridines is 1. The highest BCUT2D eigenvalue weighted by Gasteiger charge is 2.46. The molecule has 25 heavy (non-hydrogen) atoms. The van der Waals surface area contributed by atoms with Crippen LogP contribution in [-0.4, -0.2) is 11.9 Å². The van der Waals surface area contributed by atoms with Crippen LogP contribution in [0.25, 0.3) is 5.70 Å². The first-order valence-corrected chi connectivity index (χ1v) is 9.22. The Morgan fingerprint density at radius 3 is 2.52 bits per heavy atom. The van der Waals surface area contributed by atoms with E-state index in [1.165, 1.54) is 25.7 Å². The summed E-state index contributed by atoms with van der Waals surface area (Å²) in [5.74, 6) is 1.48. The van der Waals surface area contributed by atoms with E-state index in [0.717, 1.165) is 17.0 Å². The zero-order chi connectivity index (χ0) is 16.8. The average Bonchev–Trinajstić information content (AvgIpc) is 3.57. The largest absolute Gasteiger partial charge is 0.368 e. The van der Waals surface area contributed by atoms with Crippen molar-refractivity contribution in [2.24, 2.45) is 11.8 Å². The van der Waals surface area contributed by atoms with E-state index in [9.17, 15) is 4.79 Å². The van der Waals surface area contributed by atoms with Gasteiger partial charge in [-0.25, -0.2) is 0 Å². The molecule has 0 saturated heterocycles. The van der Waals surface area contributed by atoms with Crippen LogP contribution in [0.3, 0.4) is 0 Å². The van der Waals surface area contributed by atoms with E-state index in [1.54, 1.807) is 0 Å². The topological polar surface area (TPSA) is 57.0 Å². The van der Waals surface area contributed by atoms with Gasteiger partial charge in [-0.15, -0.1) is 0 Å². The number of hydrogen-bond acceptors (Lipinski definition) is 3. The monoisotopic (exact) mass is 335 g/mol. The Morgan fingerprint density at radius 2 is 1.84 bits per heavy atom. The number of hydrogen-bond donors (Lipinski definition) is 3. The van der Waals surface area contributed by atoms with Gasteiger partial charge in [0.05, 0.1) is 0 Å². The molecule has 1 aromatic rings. The molecule has 2 saturated carbocycles. The molecule has 0 aromatic carbocycles. The molecular weight excluding hydrogens is 312 g/mol. The molecule has 2 aliphatic heterocycles. The maximum Gasteiger partial charge on any atom is 0.311 e. The van der Waals surface area contributed by atoms with Crippen molar-refractivity contribution in [3.63, 3.8) is 0 Å².